The molecular weight excluding hydrogens is 284 g/mol. The molecule has 22 heavy (non-hydrogen) atoms. The minimum Gasteiger partial charge on any atom is -0.497 e. The summed E-state index contributed by atoms with van der Waals surface area (Å²) < 4.78 is 15.6. The topological polar surface area (TPSA) is 60.0 Å². The van der Waals surface area contributed by atoms with Gasteiger partial charge < -0.3 is 24.4 Å². The van der Waals surface area contributed by atoms with E-state index in [2.05, 4.69) is 5.32 Å². The quantitative estimate of drug-likeness (QED) is 0.906. The van der Waals surface area contributed by atoms with Gasteiger partial charge in [-0.2, -0.15) is 0 Å². The van der Waals surface area contributed by atoms with Crippen molar-refractivity contribution in [2.24, 2.45) is 0 Å². The fourth-order valence-corrected chi connectivity index (χ4v) is 2.56. The van der Waals surface area contributed by atoms with Crippen molar-refractivity contribution in [3.05, 3.63) is 18.2 Å². The second-order valence-electron chi connectivity index (χ2n) is 5.17. The molecule has 1 aromatic carbocycles. The number of carbonyl (C=O) groups is 1. The molecule has 1 saturated heterocycles. The maximum Gasteiger partial charge on any atom is 0.409 e. The highest BCUT2D eigenvalue weighted by atomic mass is 16.6. The summed E-state index contributed by atoms with van der Waals surface area (Å²) in [5.74, 6) is 1.52. The number of piperidine rings is 1. The second kappa shape index (κ2) is 7.77. The van der Waals surface area contributed by atoms with Crippen LogP contribution in [0.25, 0.3) is 0 Å². The van der Waals surface area contributed by atoms with Crippen LogP contribution in [0.4, 0.5) is 10.5 Å². The van der Waals surface area contributed by atoms with Gasteiger partial charge in [-0.1, -0.05) is 0 Å². The van der Waals surface area contributed by atoms with E-state index in [1.165, 1.54) is 0 Å². The number of methoxy groups -OCH3 is 2. The fraction of sp³-hybridized carbons (Fsp3) is 0.562. The number of carbonyl (C=O) groups excluding carboxylic acids is 1. The summed E-state index contributed by atoms with van der Waals surface area (Å²) in [5, 5.41) is 3.48. The SMILES string of the molecule is CCOC(=O)N1CCC(Nc2ccc(OC)cc2OC)CC1. The molecule has 0 saturated carbocycles. The van der Waals surface area contributed by atoms with Crippen LogP contribution >= 0.6 is 0 Å². The van der Waals surface area contributed by atoms with Crippen LogP contribution in [0.1, 0.15) is 19.8 Å². The van der Waals surface area contributed by atoms with Crippen molar-refractivity contribution in [3.8, 4) is 11.5 Å². The average Bonchev–Trinajstić information content (AvgIpc) is 2.56. The van der Waals surface area contributed by atoms with Crippen molar-refractivity contribution >= 4 is 11.8 Å². The Labute approximate surface area is 131 Å². The van der Waals surface area contributed by atoms with Gasteiger partial charge in [0.15, 0.2) is 0 Å². The molecule has 0 atom stereocenters. The zero-order valence-electron chi connectivity index (χ0n) is 13.4. The van der Waals surface area contributed by atoms with Gasteiger partial charge in [0.05, 0.1) is 26.5 Å². The Hall–Kier alpha value is -2.11. The van der Waals surface area contributed by atoms with Crippen LogP contribution < -0.4 is 14.8 Å². The molecule has 0 unspecified atom stereocenters. The smallest absolute Gasteiger partial charge is 0.409 e. The van der Waals surface area contributed by atoms with Gasteiger partial charge in [0, 0.05) is 25.2 Å². The molecule has 1 aliphatic heterocycles. The summed E-state index contributed by atoms with van der Waals surface area (Å²) in [6, 6.07) is 6.03. The molecule has 1 aliphatic rings. The van der Waals surface area contributed by atoms with Crippen LogP contribution in [-0.2, 0) is 4.74 Å². The highest BCUT2D eigenvalue weighted by Crippen LogP contribution is 2.30. The molecule has 2 rings (SSSR count). The maximum absolute atomic E-state index is 11.7. The molecule has 1 aromatic rings. The Balaban J connectivity index is 1.92. The highest BCUT2D eigenvalue weighted by Gasteiger charge is 2.24. The van der Waals surface area contributed by atoms with E-state index in [1.54, 1.807) is 19.1 Å². The molecule has 1 fully saturated rings. The minimum atomic E-state index is -0.219. The lowest BCUT2D eigenvalue weighted by molar-refractivity contribution is 0.0983. The van der Waals surface area contributed by atoms with E-state index in [-0.39, 0.29) is 6.09 Å². The summed E-state index contributed by atoms with van der Waals surface area (Å²) in [6.45, 7) is 3.64. The van der Waals surface area contributed by atoms with Gasteiger partial charge in [0.25, 0.3) is 0 Å². The number of nitrogens with one attached hydrogen (secondary N) is 1. The summed E-state index contributed by atoms with van der Waals surface area (Å²) in [7, 11) is 3.27. The number of benzene rings is 1. The normalized spacial score (nSPS) is 15.3. The van der Waals surface area contributed by atoms with Crippen LogP contribution in [0.3, 0.4) is 0 Å². The zero-order chi connectivity index (χ0) is 15.9. The summed E-state index contributed by atoms with van der Waals surface area (Å²) >= 11 is 0. The first-order chi connectivity index (χ1) is 10.7. The number of hydrogen-bond donors (Lipinski definition) is 1. The Bertz CT molecular complexity index is 499. The first kappa shape index (κ1) is 16.3. The van der Waals surface area contributed by atoms with Crippen LogP contribution in [0, 0.1) is 0 Å². The van der Waals surface area contributed by atoms with E-state index in [1.807, 2.05) is 25.1 Å². The Morgan fingerprint density at radius 3 is 2.59 bits per heavy atom. The molecule has 0 radical (unpaired) electrons. The molecule has 6 nitrogen and oxygen atoms in total. The molecule has 1 heterocycles. The third kappa shape index (κ3) is 3.96. The maximum atomic E-state index is 11.7. The predicted molar refractivity (Wildman–Crippen MR) is 84.8 cm³/mol. The molecule has 6 heteroatoms. The monoisotopic (exact) mass is 308 g/mol. The number of amides is 1. The number of anilines is 1. The molecule has 1 N–H and O–H groups in total. The van der Waals surface area contributed by atoms with E-state index < -0.39 is 0 Å². The number of likely N-dealkylation sites (tertiary alicyclic amines) is 1. The number of ether oxygens (including phenoxy) is 3. The first-order valence-electron chi connectivity index (χ1n) is 7.58. The summed E-state index contributed by atoms with van der Waals surface area (Å²) in [6.07, 6.45) is 1.55. The summed E-state index contributed by atoms with van der Waals surface area (Å²) in [4.78, 5) is 13.4. The molecule has 122 valence electrons. The number of rotatable bonds is 5. The molecule has 0 aromatic heterocycles. The van der Waals surface area contributed by atoms with Gasteiger partial charge in [-0.15, -0.1) is 0 Å². The summed E-state index contributed by atoms with van der Waals surface area (Å²) in [5.41, 5.74) is 0.942. The van der Waals surface area contributed by atoms with Crippen LogP contribution in [0.2, 0.25) is 0 Å². The number of nitrogens with zero attached hydrogens (tertiary/aromatic N) is 1. The van der Waals surface area contributed by atoms with Crippen molar-refractivity contribution in [2.75, 3.05) is 39.2 Å². The predicted octanol–water partition coefficient (Wildman–Crippen LogP) is 2.74. The molecule has 0 bridgehead atoms. The van der Waals surface area contributed by atoms with Crippen molar-refractivity contribution in [3.63, 3.8) is 0 Å². The van der Waals surface area contributed by atoms with E-state index in [4.69, 9.17) is 14.2 Å². The lowest BCUT2D eigenvalue weighted by Crippen LogP contribution is -2.42. The van der Waals surface area contributed by atoms with Crippen molar-refractivity contribution in [1.29, 1.82) is 0 Å². The highest BCUT2D eigenvalue weighted by molar-refractivity contribution is 5.67. The lowest BCUT2D eigenvalue weighted by atomic mass is 10.0. The van der Waals surface area contributed by atoms with Crippen LogP contribution in [-0.4, -0.2) is 51.0 Å². The fourth-order valence-electron chi connectivity index (χ4n) is 2.56. The van der Waals surface area contributed by atoms with Crippen LogP contribution in [0.5, 0.6) is 11.5 Å². The van der Waals surface area contributed by atoms with Crippen LogP contribution in [0.15, 0.2) is 18.2 Å². The van der Waals surface area contributed by atoms with Gasteiger partial charge in [-0.05, 0) is 31.9 Å². The third-order valence-electron chi connectivity index (χ3n) is 3.79. The van der Waals surface area contributed by atoms with E-state index in [0.29, 0.717) is 25.7 Å². The average molecular weight is 308 g/mol. The van der Waals surface area contributed by atoms with Gasteiger partial charge in [-0.3, -0.25) is 0 Å². The lowest BCUT2D eigenvalue weighted by Gasteiger charge is -2.32. The van der Waals surface area contributed by atoms with Crippen molar-refractivity contribution in [1.82, 2.24) is 4.90 Å². The van der Waals surface area contributed by atoms with Gasteiger partial charge >= 0.3 is 6.09 Å². The molecule has 1 amide bonds. The van der Waals surface area contributed by atoms with Crippen molar-refractivity contribution < 1.29 is 19.0 Å². The minimum absolute atomic E-state index is 0.219. The van der Waals surface area contributed by atoms with Crippen molar-refractivity contribution in [2.45, 2.75) is 25.8 Å². The molecular formula is C16H24N2O4. The Kier molecular flexibility index (Phi) is 5.75. The first-order valence-corrected chi connectivity index (χ1v) is 7.58. The Morgan fingerprint density at radius 1 is 1.27 bits per heavy atom. The molecule has 0 spiro atoms. The number of hydrogen-bond acceptors (Lipinski definition) is 5. The Morgan fingerprint density at radius 2 is 2.00 bits per heavy atom. The second-order valence-corrected chi connectivity index (χ2v) is 5.17. The zero-order valence-corrected chi connectivity index (χ0v) is 13.4. The third-order valence-corrected chi connectivity index (χ3v) is 3.79. The largest absolute Gasteiger partial charge is 0.497 e. The van der Waals surface area contributed by atoms with E-state index in [0.717, 1.165) is 30.0 Å². The molecule has 0 aliphatic carbocycles. The standard InChI is InChI=1S/C16H24N2O4/c1-4-22-16(19)18-9-7-12(8-10-18)17-14-6-5-13(20-2)11-15(14)21-3/h5-6,11-12,17H,4,7-10H2,1-3H3. The van der Waals surface area contributed by atoms with Gasteiger partial charge in [0.2, 0.25) is 0 Å². The van der Waals surface area contributed by atoms with Gasteiger partial charge in [-0.25, -0.2) is 4.79 Å². The van der Waals surface area contributed by atoms with E-state index in [9.17, 15) is 4.79 Å². The van der Waals surface area contributed by atoms with E-state index >= 15 is 0 Å². The van der Waals surface area contributed by atoms with Gasteiger partial charge in [0.1, 0.15) is 11.5 Å².